The van der Waals surface area contributed by atoms with Crippen molar-refractivity contribution >= 4 is 5.82 Å². The maximum absolute atomic E-state index is 15.9. The van der Waals surface area contributed by atoms with Gasteiger partial charge in [-0.1, -0.05) is 32.8 Å². The largest absolute Gasteiger partial charge is 0.507 e. The molecule has 10 heteroatoms. The van der Waals surface area contributed by atoms with Crippen molar-refractivity contribution in [1.29, 1.82) is 0 Å². The van der Waals surface area contributed by atoms with E-state index in [1.807, 2.05) is 0 Å². The van der Waals surface area contributed by atoms with Gasteiger partial charge in [0.2, 0.25) is 0 Å². The van der Waals surface area contributed by atoms with Crippen LogP contribution in [0.5, 0.6) is 5.75 Å². The molecule has 2 fully saturated rings. The lowest BCUT2D eigenvalue weighted by atomic mass is 9.69. The normalized spacial score (nSPS) is 23.7. The van der Waals surface area contributed by atoms with Crippen LogP contribution in [-0.4, -0.2) is 48.1 Å². The van der Waals surface area contributed by atoms with E-state index in [-0.39, 0.29) is 34.8 Å². The van der Waals surface area contributed by atoms with Crippen molar-refractivity contribution in [3.8, 4) is 28.4 Å². The second-order valence-corrected chi connectivity index (χ2v) is 10.6. The molecule has 8 nitrogen and oxygen atoms in total. The molecule has 1 aromatic carbocycles. The summed E-state index contributed by atoms with van der Waals surface area (Å²) in [7, 11) is 1.29. The fraction of sp³-hybridized carbons (Fsp3) is 0.519. The van der Waals surface area contributed by atoms with Crippen LogP contribution < -0.4 is 10.6 Å². The third-order valence-corrected chi connectivity index (χ3v) is 7.80. The van der Waals surface area contributed by atoms with Crippen LogP contribution in [-0.2, 0) is 7.05 Å². The van der Waals surface area contributed by atoms with Crippen molar-refractivity contribution in [1.82, 2.24) is 24.7 Å². The summed E-state index contributed by atoms with van der Waals surface area (Å²) in [5, 5.41) is 19.3. The highest BCUT2D eigenvalue weighted by Crippen LogP contribution is 2.46. The van der Waals surface area contributed by atoms with Crippen molar-refractivity contribution in [2.45, 2.75) is 77.0 Å². The van der Waals surface area contributed by atoms with Gasteiger partial charge in [0.1, 0.15) is 11.9 Å². The zero-order valence-corrected chi connectivity index (χ0v) is 21.4. The summed E-state index contributed by atoms with van der Waals surface area (Å²) in [4.78, 5) is 22.2. The molecule has 0 bridgehead atoms. The molecule has 0 radical (unpaired) electrons. The lowest BCUT2D eigenvalue weighted by molar-refractivity contribution is 0.0423. The Morgan fingerprint density at radius 3 is 2.62 bits per heavy atom. The summed E-state index contributed by atoms with van der Waals surface area (Å²) >= 11 is 0. The molecule has 0 aliphatic heterocycles. The number of hydrogen-bond acceptors (Lipinski definition) is 7. The standard InChI is InChI=1S/C27H32F2N6O2/c1-4-11-27(2)12-5-6-20(24(27)29)35(17-8-9-17)23-15-30-25(33-32-23)18-10-7-16(13-21(18)36)19-14-22(28)34(3)26(37)31-19/h7,10,13-15,17,20,24,36H,4-6,8-9,11-12H2,1-3H3/t20-,24-,27+/m0/s1. The van der Waals surface area contributed by atoms with Crippen LogP contribution in [0.2, 0.25) is 0 Å². The second kappa shape index (κ2) is 9.79. The third-order valence-electron chi connectivity index (χ3n) is 7.80. The SMILES string of the molecule is CCC[C@]1(C)CCC[C@H](N(c2cnc(-c3ccc(-c4cc(F)n(C)c(=O)n4)cc3O)nn2)C2CC2)[C@@H]1F. The zero-order chi connectivity index (χ0) is 26.3. The Balaban J connectivity index is 1.41. The van der Waals surface area contributed by atoms with Crippen LogP contribution >= 0.6 is 0 Å². The van der Waals surface area contributed by atoms with Crippen molar-refractivity contribution in [2.75, 3.05) is 4.90 Å². The van der Waals surface area contributed by atoms with E-state index in [1.54, 1.807) is 18.3 Å². The minimum atomic E-state index is -0.951. The molecule has 2 saturated carbocycles. The molecule has 2 aromatic heterocycles. The topological polar surface area (TPSA) is 97.0 Å². The molecule has 3 aromatic rings. The first-order chi connectivity index (χ1) is 17.7. The summed E-state index contributed by atoms with van der Waals surface area (Å²) in [6.07, 6.45) is 7.12. The molecular weight excluding hydrogens is 478 g/mol. The maximum Gasteiger partial charge on any atom is 0.350 e. The van der Waals surface area contributed by atoms with E-state index in [1.165, 1.54) is 13.1 Å². The van der Waals surface area contributed by atoms with Crippen LogP contribution in [0.25, 0.3) is 22.6 Å². The number of nitrogens with zero attached hydrogens (tertiary/aromatic N) is 6. The molecule has 0 spiro atoms. The quantitative estimate of drug-likeness (QED) is 0.456. The van der Waals surface area contributed by atoms with Crippen molar-refractivity contribution < 1.29 is 13.9 Å². The number of rotatable bonds is 7. The molecule has 2 aliphatic carbocycles. The van der Waals surface area contributed by atoms with Gasteiger partial charge >= 0.3 is 5.69 Å². The summed E-state index contributed by atoms with van der Waals surface area (Å²) < 4.78 is 30.6. The maximum atomic E-state index is 15.9. The molecule has 3 atom stereocenters. The molecule has 0 saturated heterocycles. The highest BCUT2D eigenvalue weighted by Gasteiger charge is 2.48. The number of halogens is 2. The predicted octanol–water partition coefficient (Wildman–Crippen LogP) is 4.81. The van der Waals surface area contributed by atoms with Crippen LogP contribution in [0.4, 0.5) is 14.6 Å². The first kappa shape index (κ1) is 25.2. The Hall–Kier alpha value is -3.43. The molecule has 0 amide bonds. The number of hydrogen-bond donors (Lipinski definition) is 1. The molecule has 2 heterocycles. The van der Waals surface area contributed by atoms with Crippen LogP contribution in [0.1, 0.15) is 58.8 Å². The Morgan fingerprint density at radius 2 is 2.00 bits per heavy atom. The van der Waals surface area contributed by atoms with Crippen LogP contribution in [0, 0.1) is 11.4 Å². The fourth-order valence-electron chi connectivity index (χ4n) is 5.61. The predicted molar refractivity (Wildman–Crippen MR) is 136 cm³/mol. The van der Waals surface area contributed by atoms with Gasteiger partial charge in [-0.05, 0) is 44.2 Å². The first-order valence-corrected chi connectivity index (χ1v) is 12.9. The summed E-state index contributed by atoms with van der Waals surface area (Å²) in [6.45, 7) is 4.17. The van der Waals surface area contributed by atoms with Gasteiger partial charge in [-0.25, -0.2) is 14.2 Å². The number of anilines is 1. The van der Waals surface area contributed by atoms with Crippen molar-refractivity contribution in [3.63, 3.8) is 0 Å². The molecular formula is C27H32F2N6O2. The van der Waals surface area contributed by atoms with E-state index in [0.717, 1.165) is 55.6 Å². The van der Waals surface area contributed by atoms with Crippen molar-refractivity contribution in [3.05, 3.63) is 46.9 Å². The molecule has 37 heavy (non-hydrogen) atoms. The lowest BCUT2D eigenvalue weighted by Crippen LogP contribution is -2.52. The number of phenolic OH excluding ortho intramolecular Hbond substituents is 1. The van der Waals surface area contributed by atoms with E-state index in [9.17, 15) is 14.3 Å². The summed E-state index contributed by atoms with van der Waals surface area (Å²) in [5.74, 6) is -0.121. The highest BCUT2D eigenvalue weighted by atomic mass is 19.1. The summed E-state index contributed by atoms with van der Waals surface area (Å²) in [6, 6.07) is 5.69. The van der Waals surface area contributed by atoms with E-state index in [2.05, 4.69) is 38.9 Å². The van der Waals surface area contributed by atoms with E-state index in [4.69, 9.17) is 0 Å². The van der Waals surface area contributed by atoms with Gasteiger partial charge in [0.15, 0.2) is 17.6 Å². The lowest BCUT2D eigenvalue weighted by Gasteiger charge is -2.46. The van der Waals surface area contributed by atoms with Crippen LogP contribution in [0.15, 0.2) is 35.3 Å². The van der Waals surface area contributed by atoms with Gasteiger partial charge in [-0.2, -0.15) is 9.37 Å². The van der Waals surface area contributed by atoms with E-state index in [0.29, 0.717) is 16.9 Å². The number of phenols is 1. The number of aromatic hydroxyl groups is 1. The fourth-order valence-corrected chi connectivity index (χ4v) is 5.61. The Morgan fingerprint density at radius 1 is 1.22 bits per heavy atom. The molecule has 5 rings (SSSR count). The zero-order valence-electron chi connectivity index (χ0n) is 21.4. The summed E-state index contributed by atoms with van der Waals surface area (Å²) in [5.41, 5.74) is -0.240. The van der Waals surface area contributed by atoms with E-state index >= 15 is 4.39 Å². The number of benzene rings is 1. The second-order valence-electron chi connectivity index (χ2n) is 10.6. The highest BCUT2D eigenvalue weighted by molar-refractivity contribution is 5.71. The average Bonchev–Trinajstić information content (AvgIpc) is 3.71. The molecule has 196 valence electrons. The van der Waals surface area contributed by atoms with Gasteiger partial charge in [-0.3, -0.25) is 4.57 Å². The Labute approximate surface area is 214 Å². The average molecular weight is 511 g/mol. The first-order valence-electron chi connectivity index (χ1n) is 12.9. The van der Waals surface area contributed by atoms with Crippen molar-refractivity contribution in [2.24, 2.45) is 12.5 Å². The smallest absolute Gasteiger partial charge is 0.350 e. The van der Waals surface area contributed by atoms with E-state index < -0.39 is 17.8 Å². The van der Waals surface area contributed by atoms with Gasteiger partial charge in [0.05, 0.1) is 23.5 Å². The molecule has 1 N–H and O–H groups in total. The Kier molecular flexibility index (Phi) is 6.68. The van der Waals surface area contributed by atoms with Gasteiger partial charge in [-0.15, -0.1) is 10.2 Å². The minimum Gasteiger partial charge on any atom is -0.507 e. The molecule has 0 unspecified atom stereocenters. The van der Waals surface area contributed by atoms with Gasteiger partial charge in [0, 0.05) is 30.1 Å². The van der Waals surface area contributed by atoms with Gasteiger partial charge < -0.3 is 10.0 Å². The Bertz CT molecular complexity index is 1340. The number of aromatic nitrogens is 5. The van der Waals surface area contributed by atoms with Crippen LogP contribution in [0.3, 0.4) is 0 Å². The molecule has 2 aliphatic rings. The van der Waals surface area contributed by atoms with Gasteiger partial charge in [0.25, 0.3) is 0 Å². The monoisotopic (exact) mass is 510 g/mol. The minimum absolute atomic E-state index is 0.111. The third kappa shape index (κ3) is 4.81. The number of alkyl halides is 1.